The van der Waals surface area contributed by atoms with Gasteiger partial charge in [-0.05, 0) is 56.2 Å². The highest BCUT2D eigenvalue weighted by Crippen LogP contribution is 2.20. The molecule has 0 spiro atoms. The Kier molecular flexibility index (Phi) is 6.22. The Morgan fingerprint density at radius 2 is 1.90 bits per heavy atom. The highest BCUT2D eigenvalue weighted by molar-refractivity contribution is 7.90. The van der Waals surface area contributed by atoms with Crippen LogP contribution in [0.25, 0.3) is 0 Å². The molecule has 1 heterocycles. The molecule has 154 valence electrons. The number of carbonyl (C=O) groups is 1. The smallest absolute Gasteiger partial charge is 0.283 e. The van der Waals surface area contributed by atoms with Crippen molar-refractivity contribution in [2.75, 3.05) is 25.5 Å². The van der Waals surface area contributed by atoms with Crippen molar-refractivity contribution in [2.24, 2.45) is 4.40 Å². The Balaban J connectivity index is 1.60. The molecule has 2 aromatic rings. The first kappa shape index (κ1) is 20.9. The van der Waals surface area contributed by atoms with Gasteiger partial charge in [0.25, 0.3) is 15.9 Å². The van der Waals surface area contributed by atoms with Crippen molar-refractivity contribution in [2.45, 2.75) is 31.6 Å². The maximum Gasteiger partial charge on any atom is 0.283 e. The van der Waals surface area contributed by atoms with Gasteiger partial charge in [0, 0.05) is 25.7 Å². The van der Waals surface area contributed by atoms with E-state index in [1.54, 1.807) is 12.1 Å². The Bertz CT molecular complexity index is 1030. The summed E-state index contributed by atoms with van der Waals surface area (Å²) in [5, 5.41) is 2.70. The van der Waals surface area contributed by atoms with E-state index in [0.717, 1.165) is 24.1 Å². The summed E-state index contributed by atoms with van der Waals surface area (Å²) in [4.78, 5) is 14.1. The predicted molar refractivity (Wildman–Crippen MR) is 113 cm³/mol. The molecule has 29 heavy (non-hydrogen) atoms. The predicted octanol–water partition coefficient (Wildman–Crippen LogP) is 3.13. The van der Waals surface area contributed by atoms with Crippen LogP contribution in [-0.2, 0) is 14.8 Å². The first-order valence-corrected chi connectivity index (χ1v) is 10.8. The van der Waals surface area contributed by atoms with Crippen molar-refractivity contribution >= 4 is 27.5 Å². The zero-order valence-corrected chi connectivity index (χ0v) is 17.6. The van der Waals surface area contributed by atoms with Crippen LogP contribution in [0.15, 0.2) is 51.8 Å². The third kappa shape index (κ3) is 5.35. The van der Waals surface area contributed by atoms with Crippen LogP contribution in [0.1, 0.15) is 24.0 Å². The largest absolute Gasteiger partial charge is 0.483 e. The van der Waals surface area contributed by atoms with Gasteiger partial charge in [-0.3, -0.25) is 4.79 Å². The lowest BCUT2D eigenvalue weighted by atomic mass is 10.1. The number of benzene rings is 2. The van der Waals surface area contributed by atoms with Gasteiger partial charge in [-0.2, -0.15) is 8.42 Å². The molecule has 2 aromatic carbocycles. The number of nitrogens with one attached hydrogen (secondary N) is 1. The number of sulfonamides is 1. The molecule has 1 fully saturated rings. The van der Waals surface area contributed by atoms with Crippen molar-refractivity contribution in [1.82, 2.24) is 4.90 Å². The number of carbonyl (C=O) groups excluding carboxylic acids is 1. The van der Waals surface area contributed by atoms with Crippen molar-refractivity contribution in [3.8, 4) is 5.75 Å². The third-order valence-electron chi connectivity index (χ3n) is 4.69. The molecular weight excluding hydrogens is 390 g/mol. The summed E-state index contributed by atoms with van der Waals surface area (Å²) in [7, 11) is -1.93. The molecule has 8 heteroatoms. The van der Waals surface area contributed by atoms with E-state index in [1.807, 2.05) is 44.0 Å². The van der Waals surface area contributed by atoms with E-state index in [0.29, 0.717) is 23.7 Å². The molecule has 0 radical (unpaired) electrons. The molecule has 7 nitrogen and oxygen atoms in total. The van der Waals surface area contributed by atoms with E-state index in [2.05, 4.69) is 9.71 Å². The fourth-order valence-electron chi connectivity index (χ4n) is 3.11. The summed E-state index contributed by atoms with van der Waals surface area (Å²) < 4.78 is 34.4. The highest BCUT2D eigenvalue weighted by Gasteiger charge is 2.20. The number of rotatable bonds is 6. The molecule has 1 amide bonds. The van der Waals surface area contributed by atoms with Crippen molar-refractivity contribution in [1.29, 1.82) is 0 Å². The van der Waals surface area contributed by atoms with Crippen LogP contribution in [0.5, 0.6) is 5.75 Å². The zero-order valence-electron chi connectivity index (χ0n) is 16.8. The van der Waals surface area contributed by atoms with Crippen LogP contribution in [0.2, 0.25) is 0 Å². The monoisotopic (exact) mass is 415 g/mol. The number of ether oxygens (including phenoxy) is 1. The number of amides is 1. The Hall–Kier alpha value is -2.87. The Morgan fingerprint density at radius 1 is 1.17 bits per heavy atom. The minimum atomic E-state index is -3.77. The quantitative estimate of drug-likeness (QED) is 0.783. The average molecular weight is 416 g/mol. The molecule has 0 unspecified atom stereocenters. The summed E-state index contributed by atoms with van der Waals surface area (Å²) in [6.07, 6.45) is 1.56. The molecule has 1 aliphatic heterocycles. The summed E-state index contributed by atoms with van der Waals surface area (Å²) in [6.45, 7) is 4.59. The Labute approximate surface area is 171 Å². The minimum Gasteiger partial charge on any atom is -0.483 e. The minimum absolute atomic E-state index is 0.0924. The van der Waals surface area contributed by atoms with E-state index in [1.165, 1.54) is 12.1 Å². The first-order chi connectivity index (χ1) is 13.7. The number of amidine groups is 1. The highest BCUT2D eigenvalue weighted by atomic mass is 32.2. The average Bonchev–Trinajstić information content (AvgIpc) is 3.05. The number of aryl methyl sites for hydroxylation is 2. The summed E-state index contributed by atoms with van der Waals surface area (Å²) in [6, 6.07) is 11.7. The molecule has 0 atom stereocenters. The van der Waals surface area contributed by atoms with Crippen LogP contribution in [0.4, 0.5) is 5.69 Å². The maximum atomic E-state index is 12.5. The molecule has 0 saturated carbocycles. The normalized spacial score (nSPS) is 15.6. The second-order valence-electron chi connectivity index (χ2n) is 7.14. The second-order valence-corrected chi connectivity index (χ2v) is 8.74. The van der Waals surface area contributed by atoms with Gasteiger partial charge in [-0.1, -0.05) is 17.7 Å². The van der Waals surface area contributed by atoms with Crippen molar-refractivity contribution in [3.63, 3.8) is 0 Å². The van der Waals surface area contributed by atoms with E-state index >= 15 is 0 Å². The molecule has 1 aliphatic rings. The summed E-state index contributed by atoms with van der Waals surface area (Å²) in [5.74, 6) is 0.905. The van der Waals surface area contributed by atoms with Crippen LogP contribution in [0, 0.1) is 13.8 Å². The summed E-state index contributed by atoms with van der Waals surface area (Å²) >= 11 is 0. The van der Waals surface area contributed by atoms with Crippen LogP contribution in [-0.4, -0.2) is 45.3 Å². The van der Waals surface area contributed by atoms with Gasteiger partial charge < -0.3 is 15.0 Å². The molecule has 1 saturated heterocycles. The van der Waals surface area contributed by atoms with Crippen LogP contribution < -0.4 is 10.1 Å². The molecule has 0 bridgehead atoms. The lowest BCUT2D eigenvalue weighted by molar-refractivity contribution is -0.118. The van der Waals surface area contributed by atoms with E-state index in [9.17, 15) is 13.2 Å². The van der Waals surface area contributed by atoms with Gasteiger partial charge >= 0.3 is 0 Å². The number of hydrogen-bond acceptors (Lipinski definition) is 4. The van der Waals surface area contributed by atoms with Crippen molar-refractivity contribution < 1.29 is 17.9 Å². The molecular formula is C21H25N3O4S. The Morgan fingerprint density at radius 3 is 2.52 bits per heavy atom. The topological polar surface area (TPSA) is 88.1 Å². The summed E-state index contributed by atoms with van der Waals surface area (Å²) in [5.41, 5.74) is 2.57. The fraction of sp³-hybridized carbons (Fsp3) is 0.333. The van der Waals surface area contributed by atoms with E-state index < -0.39 is 10.0 Å². The van der Waals surface area contributed by atoms with Crippen LogP contribution in [0.3, 0.4) is 0 Å². The SMILES string of the molecule is Cc1ccc(OCC(=O)Nc2ccc(S(=O)(=O)N=C3CCCN3C)cc2)c(C)c1. The van der Waals surface area contributed by atoms with Crippen LogP contribution >= 0.6 is 0 Å². The van der Waals surface area contributed by atoms with Gasteiger partial charge in [0.05, 0.1) is 4.90 Å². The second kappa shape index (κ2) is 8.65. The van der Waals surface area contributed by atoms with E-state index in [-0.39, 0.29) is 17.4 Å². The lowest BCUT2D eigenvalue weighted by Crippen LogP contribution is -2.21. The molecule has 1 N–H and O–H groups in total. The third-order valence-corrected chi connectivity index (χ3v) is 6.00. The lowest BCUT2D eigenvalue weighted by Gasteiger charge is -2.11. The van der Waals surface area contributed by atoms with Gasteiger partial charge in [0.1, 0.15) is 11.6 Å². The maximum absolute atomic E-state index is 12.5. The van der Waals surface area contributed by atoms with Gasteiger partial charge in [0.15, 0.2) is 6.61 Å². The zero-order chi connectivity index (χ0) is 21.0. The van der Waals surface area contributed by atoms with Gasteiger partial charge in [-0.25, -0.2) is 0 Å². The molecule has 0 aliphatic carbocycles. The number of hydrogen-bond donors (Lipinski definition) is 1. The fourth-order valence-corrected chi connectivity index (χ4v) is 4.21. The molecule has 3 rings (SSSR count). The number of likely N-dealkylation sites (tertiary alicyclic amines) is 1. The van der Waals surface area contributed by atoms with Gasteiger partial charge in [-0.15, -0.1) is 4.40 Å². The first-order valence-electron chi connectivity index (χ1n) is 9.39. The van der Waals surface area contributed by atoms with E-state index in [4.69, 9.17) is 4.74 Å². The molecule has 0 aromatic heterocycles. The number of nitrogens with zero attached hydrogens (tertiary/aromatic N) is 2. The number of anilines is 1. The van der Waals surface area contributed by atoms with Gasteiger partial charge in [0.2, 0.25) is 0 Å². The standard InChI is InChI=1S/C21H25N3O4S/c1-15-6-11-19(16(2)13-15)28-14-21(25)22-17-7-9-18(10-8-17)29(26,27)23-20-5-4-12-24(20)3/h6-11,13H,4-5,12,14H2,1-3H3,(H,22,25). The van der Waals surface area contributed by atoms with Crippen molar-refractivity contribution in [3.05, 3.63) is 53.6 Å².